The predicted octanol–water partition coefficient (Wildman–Crippen LogP) is 4.73. The first-order valence-electron chi connectivity index (χ1n) is 10.3. The fourth-order valence-electron chi connectivity index (χ4n) is 3.54. The maximum Gasteiger partial charge on any atom is 0.277 e. The van der Waals surface area contributed by atoms with Crippen LogP contribution in [-0.4, -0.2) is 39.6 Å². The summed E-state index contributed by atoms with van der Waals surface area (Å²) in [5, 5.41) is 12.2. The number of nitrogens with one attached hydrogen (secondary N) is 2. The van der Waals surface area contributed by atoms with Crippen LogP contribution >= 0.6 is 11.8 Å². The van der Waals surface area contributed by atoms with E-state index in [9.17, 15) is 4.79 Å². The molecule has 2 N–H and O–H groups in total. The Morgan fingerprint density at radius 3 is 2.75 bits per heavy atom. The van der Waals surface area contributed by atoms with Gasteiger partial charge in [0, 0.05) is 33.9 Å². The van der Waals surface area contributed by atoms with Gasteiger partial charge in [0.25, 0.3) is 5.22 Å². The number of ether oxygens (including phenoxy) is 2. The molecule has 9 heteroatoms. The summed E-state index contributed by atoms with van der Waals surface area (Å²) in [6.07, 6.45) is 0. The number of nitrogens with zero attached hydrogens (tertiary/aromatic N) is 2. The highest BCUT2D eigenvalue weighted by atomic mass is 32.2. The molecule has 164 valence electrons. The van der Waals surface area contributed by atoms with Gasteiger partial charge >= 0.3 is 0 Å². The number of carbonyl (C=O) groups is 1. The van der Waals surface area contributed by atoms with Crippen LogP contribution in [0.25, 0.3) is 22.4 Å². The minimum atomic E-state index is -0.437. The van der Waals surface area contributed by atoms with E-state index in [1.807, 2.05) is 25.1 Å². The van der Waals surface area contributed by atoms with Gasteiger partial charge in [-0.2, -0.15) is 0 Å². The number of thioether (sulfide) groups is 1. The number of aryl methyl sites for hydroxylation is 2. The van der Waals surface area contributed by atoms with E-state index >= 15 is 0 Å². The van der Waals surface area contributed by atoms with Crippen LogP contribution in [0.2, 0.25) is 0 Å². The fourth-order valence-corrected chi connectivity index (χ4v) is 4.22. The molecule has 0 radical (unpaired) electrons. The molecule has 0 unspecified atom stereocenters. The molecular weight excluding hydrogens is 428 g/mol. The van der Waals surface area contributed by atoms with Gasteiger partial charge in [-0.3, -0.25) is 4.79 Å². The van der Waals surface area contributed by atoms with Crippen LogP contribution < -0.4 is 14.8 Å². The molecule has 2 aromatic carbocycles. The van der Waals surface area contributed by atoms with E-state index in [0.717, 1.165) is 22.2 Å². The van der Waals surface area contributed by atoms with Crippen molar-refractivity contribution in [1.82, 2.24) is 15.2 Å². The number of hydrogen-bond acceptors (Lipinski definition) is 7. The van der Waals surface area contributed by atoms with Gasteiger partial charge in [0.2, 0.25) is 11.8 Å². The standard InChI is InChI=1S/C23H22N4O4S/c1-12-13(2)24-18-6-4-15(10-17(12)18)22-26-27-23(31-22)32-14(3)21(28)25-16-5-7-19-20(11-16)30-9-8-29-19/h4-7,10-11,14,24H,8-9H2,1-3H3,(H,25,28)/t14-/m1/s1. The van der Waals surface area contributed by atoms with E-state index in [4.69, 9.17) is 13.9 Å². The summed E-state index contributed by atoms with van der Waals surface area (Å²) in [4.78, 5) is 16.0. The van der Waals surface area contributed by atoms with Gasteiger partial charge in [-0.1, -0.05) is 11.8 Å². The second-order valence-corrected chi connectivity index (χ2v) is 8.91. The summed E-state index contributed by atoms with van der Waals surface area (Å²) in [5.74, 6) is 1.55. The molecule has 0 fully saturated rings. The lowest BCUT2D eigenvalue weighted by Gasteiger charge is -2.19. The molecule has 8 nitrogen and oxygen atoms in total. The van der Waals surface area contributed by atoms with Gasteiger partial charge in [-0.05, 0) is 56.7 Å². The lowest BCUT2D eigenvalue weighted by atomic mass is 10.1. The van der Waals surface area contributed by atoms with E-state index < -0.39 is 5.25 Å². The molecule has 1 aliphatic rings. The molecule has 2 aromatic heterocycles. The Hall–Kier alpha value is -3.46. The largest absolute Gasteiger partial charge is 0.486 e. The summed E-state index contributed by atoms with van der Waals surface area (Å²) >= 11 is 1.21. The lowest BCUT2D eigenvalue weighted by Crippen LogP contribution is -2.22. The Kier molecular flexibility index (Phi) is 5.26. The third-order valence-electron chi connectivity index (χ3n) is 5.42. The topological polar surface area (TPSA) is 102 Å². The lowest BCUT2D eigenvalue weighted by molar-refractivity contribution is -0.115. The fraction of sp³-hybridized carbons (Fsp3) is 0.261. The highest BCUT2D eigenvalue weighted by Crippen LogP contribution is 2.33. The van der Waals surface area contributed by atoms with Crippen LogP contribution in [0, 0.1) is 13.8 Å². The zero-order valence-electron chi connectivity index (χ0n) is 17.9. The number of carbonyl (C=O) groups excluding carboxylic acids is 1. The zero-order chi connectivity index (χ0) is 22.2. The molecule has 0 saturated heterocycles. The monoisotopic (exact) mass is 450 g/mol. The molecule has 1 aliphatic heterocycles. The second-order valence-electron chi connectivity index (χ2n) is 7.62. The molecule has 5 rings (SSSR count). The van der Waals surface area contributed by atoms with Crippen LogP contribution in [-0.2, 0) is 4.79 Å². The van der Waals surface area contributed by atoms with Gasteiger partial charge in [0.05, 0.1) is 5.25 Å². The van der Waals surface area contributed by atoms with Crippen molar-refractivity contribution >= 4 is 34.3 Å². The number of benzene rings is 2. The Bertz CT molecular complexity index is 1310. The van der Waals surface area contributed by atoms with Crippen LogP contribution in [0.15, 0.2) is 46.0 Å². The predicted molar refractivity (Wildman–Crippen MR) is 122 cm³/mol. The zero-order valence-corrected chi connectivity index (χ0v) is 18.7. The van der Waals surface area contributed by atoms with Gasteiger partial charge in [-0.15, -0.1) is 10.2 Å². The van der Waals surface area contributed by atoms with Crippen molar-refractivity contribution in [1.29, 1.82) is 0 Å². The average Bonchev–Trinajstić information content (AvgIpc) is 3.37. The van der Waals surface area contributed by atoms with E-state index in [1.54, 1.807) is 25.1 Å². The minimum Gasteiger partial charge on any atom is -0.486 e. The number of fused-ring (bicyclic) bond motifs is 2. The molecule has 32 heavy (non-hydrogen) atoms. The molecular formula is C23H22N4O4S. The maximum atomic E-state index is 12.7. The highest BCUT2D eigenvalue weighted by molar-refractivity contribution is 8.00. The van der Waals surface area contributed by atoms with Crippen molar-refractivity contribution in [3.63, 3.8) is 0 Å². The molecule has 1 atom stereocenters. The summed E-state index contributed by atoms with van der Waals surface area (Å²) in [7, 11) is 0. The summed E-state index contributed by atoms with van der Waals surface area (Å²) in [5.41, 5.74) is 4.88. The van der Waals surface area contributed by atoms with Gasteiger partial charge in [0.1, 0.15) is 13.2 Å². The average molecular weight is 451 g/mol. The molecule has 1 amide bonds. The summed E-state index contributed by atoms with van der Waals surface area (Å²) in [6.45, 7) is 6.94. The quantitative estimate of drug-likeness (QED) is 0.424. The maximum absolute atomic E-state index is 12.7. The van der Waals surface area contributed by atoms with Crippen molar-refractivity contribution in [2.75, 3.05) is 18.5 Å². The number of hydrogen-bond donors (Lipinski definition) is 2. The molecule has 0 aliphatic carbocycles. The molecule has 0 saturated carbocycles. The SMILES string of the molecule is Cc1[nH]c2ccc(-c3nnc(S[C@H](C)C(=O)Nc4ccc5c(c4)OCCO5)o3)cc2c1C. The molecule has 0 bridgehead atoms. The number of aromatic nitrogens is 3. The van der Waals surface area contributed by atoms with Crippen molar-refractivity contribution in [3.05, 3.63) is 47.7 Å². The first-order valence-corrected chi connectivity index (χ1v) is 11.2. The highest BCUT2D eigenvalue weighted by Gasteiger charge is 2.20. The van der Waals surface area contributed by atoms with Crippen molar-refractivity contribution in [2.24, 2.45) is 0 Å². The van der Waals surface area contributed by atoms with Crippen LogP contribution in [0.3, 0.4) is 0 Å². The van der Waals surface area contributed by atoms with Crippen molar-refractivity contribution in [3.8, 4) is 23.0 Å². The summed E-state index contributed by atoms with van der Waals surface area (Å²) in [6, 6.07) is 11.3. The van der Waals surface area contributed by atoms with E-state index in [-0.39, 0.29) is 5.91 Å². The molecule has 3 heterocycles. The molecule has 0 spiro atoms. The van der Waals surface area contributed by atoms with Crippen molar-refractivity contribution < 1.29 is 18.7 Å². The molecule has 4 aromatic rings. The van der Waals surface area contributed by atoms with Crippen LogP contribution in [0.5, 0.6) is 11.5 Å². The van der Waals surface area contributed by atoms with E-state index in [0.29, 0.717) is 41.5 Å². The Morgan fingerprint density at radius 2 is 1.91 bits per heavy atom. The van der Waals surface area contributed by atoms with Gasteiger partial charge in [0.15, 0.2) is 11.5 Å². The normalized spacial score (nSPS) is 13.8. The van der Waals surface area contributed by atoms with E-state index in [1.165, 1.54) is 17.3 Å². The number of amides is 1. The second kappa shape index (κ2) is 8.23. The number of rotatable bonds is 5. The smallest absolute Gasteiger partial charge is 0.277 e. The van der Waals surface area contributed by atoms with E-state index in [2.05, 4.69) is 27.4 Å². The van der Waals surface area contributed by atoms with Gasteiger partial charge < -0.3 is 24.2 Å². The van der Waals surface area contributed by atoms with Crippen molar-refractivity contribution in [2.45, 2.75) is 31.2 Å². The third kappa shape index (κ3) is 3.91. The van der Waals surface area contributed by atoms with Crippen LogP contribution in [0.1, 0.15) is 18.2 Å². The first kappa shape index (κ1) is 20.4. The first-order chi connectivity index (χ1) is 15.5. The van der Waals surface area contributed by atoms with Gasteiger partial charge in [-0.25, -0.2) is 0 Å². The Morgan fingerprint density at radius 1 is 1.09 bits per heavy atom. The Balaban J connectivity index is 1.27. The third-order valence-corrected chi connectivity index (χ3v) is 6.35. The van der Waals surface area contributed by atoms with Crippen LogP contribution in [0.4, 0.5) is 5.69 Å². The number of H-pyrrole nitrogens is 1. The Labute approximate surface area is 188 Å². The number of anilines is 1. The number of aromatic amines is 1. The summed E-state index contributed by atoms with van der Waals surface area (Å²) < 4.78 is 16.9. The minimum absolute atomic E-state index is 0.175.